The molecule has 0 aliphatic heterocycles. The fraction of sp³-hybridized carbons (Fsp3) is 0.615. The molecular formula is C13H20N2O4S. The minimum Gasteiger partial charge on any atom is -0.481 e. The lowest BCUT2D eigenvalue weighted by molar-refractivity contribution is -0.146. The third-order valence-corrected chi connectivity index (χ3v) is 3.67. The van der Waals surface area contributed by atoms with Crippen LogP contribution < -0.4 is 0 Å². The fourth-order valence-corrected chi connectivity index (χ4v) is 2.56. The smallest absolute Gasteiger partial charge is 0.328 e. The van der Waals surface area contributed by atoms with Gasteiger partial charge in [-0.1, -0.05) is 25.6 Å². The Hall–Kier alpha value is -1.50. The summed E-state index contributed by atoms with van der Waals surface area (Å²) in [6.45, 7) is 7.79. The summed E-state index contributed by atoms with van der Waals surface area (Å²) in [7, 11) is 0. The summed E-state index contributed by atoms with van der Waals surface area (Å²) in [5, 5.41) is 9.29. The van der Waals surface area contributed by atoms with Crippen molar-refractivity contribution in [2.24, 2.45) is 0 Å². The van der Waals surface area contributed by atoms with Crippen LogP contribution in [0.5, 0.6) is 0 Å². The number of esters is 1. The molecule has 1 rings (SSSR count). The first-order chi connectivity index (χ1) is 9.38. The molecule has 1 aromatic rings. The number of aliphatic carboxylic acids is 1. The van der Waals surface area contributed by atoms with Gasteiger partial charge in [-0.3, -0.25) is 4.79 Å². The molecule has 1 aromatic heterocycles. The second-order valence-corrected chi connectivity index (χ2v) is 5.54. The standard InChI is InChI=1S/C13H20N2O4S/c1-5-19-12(18)9(4)15-10(8(2)3)6-14-13(15)20-7-11(16)17/h6,8-9H,5,7H2,1-4H3,(H,16,17). The Morgan fingerprint density at radius 2 is 2.10 bits per heavy atom. The number of rotatable bonds is 7. The zero-order valence-corrected chi connectivity index (χ0v) is 12.9. The van der Waals surface area contributed by atoms with E-state index < -0.39 is 12.0 Å². The van der Waals surface area contributed by atoms with Crippen LogP contribution in [0, 0.1) is 0 Å². The minimum absolute atomic E-state index is 0.0932. The quantitative estimate of drug-likeness (QED) is 0.614. The van der Waals surface area contributed by atoms with Crippen molar-refractivity contribution in [3.8, 4) is 0 Å². The van der Waals surface area contributed by atoms with Crippen LogP contribution in [-0.4, -0.2) is 39.0 Å². The molecule has 0 amide bonds. The van der Waals surface area contributed by atoms with Crippen LogP contribution in [0.25, 0.3) is 0 Å². The Bertz CT molecular complexity index is 485. The number of hydrogen-bond acceptors (Lipinski definition) is 5. The maximum absolute atomic E-state index is 11.9. The summed E-state index contributed by atoms with van der Waals surface area (Å²) in [6, 6.07) is -0.522. The van der Waals surface area contributed by atoms with Gasteiger partial charge in [0.25, 0.3) is 0 Å². The number of thioether (sulfide) groups is 1. The first-order valence-corrected chi connectivity index (χ1v) is 7.45. The minimum atomic E-state index is -0.917. The monoisotopic (exact) mass is 300 g/mol. The molecule has 20 heavy (non-hydrogen) atoms. The van der Waals surface area contributed by atoms with Crippen LogP contribution in [-0.2, 0) is 14.3 Å². The number of aromatic nitrogens is 2. The zero-order valence-electron chi connectivity index (χ0n) is 12.1. The topological polar surface area (TPSA) is 81.4 Å². The third kappa shape index (κ3) is 4.00. The Labute approximate surface area is 122 Å². The van der Waals surface area contributed by atoms with Gasteiger partial charge in [0.05, 0.1) is 12.4 Å². The fourth-order valence-electron chi connectivity index (χ4n) is 1.77. The maximum Gasteiger partial charge on any atom is 0.328 e. The number of carboxylic acids is 1. The van der Waals surface area contributed by atoms with Crippen LogP contribution >= 0.6 is 11.8 Å². The predicted octanol–water partition coefficient (Wildman–Crippen LogP) is 2.31. The Balaban J connectivity index is 3.07. The average Bonchev–Trinajstić information content (AvgIpc) is 2.79. The molecule has 0 saturated carbocycles. The largest absolute Gasteiger partial charge is 0.481 e. The van der Waals surface area contributed by atoms with Crippen molar-refractivity contribution in [1.82, 2.24) is 9.55 Å². The molecule has 1 unspecified atom stereocenters. The lowest BCUT2D eigenvalue weighted by atomic mass is 10.1. The van der Waals surface area contributed by atoms with Crippen LogP contribution in [0.1, 0.15) is 45.3 Å². The number of imidazole rings is 1. The van der Waals surface area contributed by atoms with E-state index in [1.165, 1.54) is 0 Å². The van der Waals surface area contributed by atoms with Gasteiger partial charge in [0.15, 0.2) is 5.16 Å². The Morgan fingerprint density at radius 3 is 2.60 bits per heavy atom. The van der Waals surface area contributed by atoms with Crippen molar-refractivity contribution in [1.29, 1.82) is 0 Å². The van der Waals surface area contributed by atoms with E-state index in [-0.39, 0.29) is 17.6 Å². The average molecular weight is 300 g/mol. The summed E-state index contributed by atoms with van der Waals surface area (Å²) in [5.41, 5.74) is 0.887. The Kier molecular flexibility index (Phi) is 6.06. The van der Waals surface area contributed by atoms with Crippen molar-refractivity contribution in [2.45, 2.75) is 44.8 Å². The molecular weight excluding hydrogens is 280 g/mol. The van der Waals surface area contributed by atoms with E-state index in [9.17, 15) is 9.59 Å². The number of carbonyl (C=O) groups excluding carboxylic acids is 1. The van der Waals surface area contributed by atoms with Gasteiger partial charge in [0, 0.05) is 11.9 Å². The predicted molar refractivity (Wildman–Crippen MR) is 76.0 cm³/mol. The molecule has 1 heterocycles. The summed E-state index contributed by atoms with van der Waals surface area (Å²) < 4.78 is 6.79. The van der Waals surface area contributed by atoms with Gasteiger partial charge in [-0.2, -0.15) is 0 Å². The van der Waals surface area contributed by atoms with E-state index in [1.54, 1.807) is 24.6 Å². The molecule has 0 aromatic carbocycles. The molecule has 0 fully saturated rings. The van der Waals surface area contributed by atoms with Crippen molar-refractivity contribution < 1.29 is 19.4 Å². The summed E-state index contributed by atoms with van der Waals surface area (Å²) in [6.07, 6.45) is 1.69. The van der Waals surface area contributed by atoms with Crippen molar-refractivity contribution in [2.75, 3.05) is 12.4 Å². The first kappa shape index (κ1) is 16.6. The highest BCUT2D eigenvalue weighted by molar-refractivity contribution is 7.99. The number of ether oxygens (including phenoxy) is 1. The normalized spacial score (nSPS) is 12.4. The summed E-state index contributed by atoms with van der Waals surface area (Å²) >= 11 is 1.10. The molecule has 0 radical (unpaired) electrons. The molecule has 0 aliphatic carbocycles. The molecule has 112 valence electrons. The molecule has 0 saturated heterocycles. The van der Waals surface area contributed by atoms with Gasteiger partial charge in [-0.05, 0) is 19.8 Å². The second-order valence-electron chi connectivity index (χ2n) is 4.60. The van der Waals surface area contributed by atoms with E-state index in [1.807, 2.05) is 13.8 Å². The highest BCUT2D eigenvalue weighted by Gasteiger charge is 2.24. The van der Waals surface area contributed by atoms with E-state index in [0.717, 1.165) is 17.5 Å². The van der Waals surface area contributed by atoms with Gasteiger partial charge >= 0.3 is 11.9 Å². The van der Waals surface area contributed by atoms with Gasteiger partial charge < -0.3 is 14.4 Å². The lowest BCUT2D eigenvalue weighted by Gasteiger charge is -2.19. The van der Waals surface area contributed by atoms with E-state index in [2.05, 4.69) is 4.98 Å². The molecule has 1 N–H and O–H groups in total. The number of carbonyl (C=O) groups is 2. The van der Waals surface area contributed by atoms with Crippen LogP contribution in [0.2, 0.25) is 0 Å². The highest BCUT2D eigenvalue weighted by Crippen LogP contribution is 2.27. The van der Waals surface area contributed by atoms with E-state index in [0.29, 0.717) is 11.8 Å². The number of hydrogen-bond donors (Lipinski definition) is 1. The molecule has 6 nitrogen and oxygen atoms in total. The molecule has 0 aliphatic rings. The van der Waals surface area contributed by atoms with Crippen molar-refractivity contribution in [3.05, 3.63) is 11.9 Å². The first-order valence-electron chi connectivity index (χ1n) is 6.46. The molecule has 1 atom stereocenters. The van der Waals surface area contributed by atoms with Gasteiger partial charge in [0.2, 0.25) is 0 Å². The van der Waals surface area contributed by atoms with Crippen molar-refractivity contribution >= 4 is 23.7 Å². The van der Waals surface area contributed by atoms with Gasteiger partial charge in [-0.15, -0.1) is 0 Å². The highest BCUT2D eigenvalue weighted by atomic mass is 32.2. The van der Waals surface area contributed by atoms with Crippen molar-refractivity contribution in [3.63, 3.8) is 0 Å². The maximum atomic E-state index is 11.9. The number of carboxylic acid groups (broad SMARTS) is 1. The Morgan fingerprint density at radius 1 is 1.45 bits per heavy atom. The molecule has 0 spiro atoms. The summed E-state index contributed by atoms with van der Waals surface area (Å²) in [4.78, 5) is 26.8. The van der Waals surface area contributed by atoms with Crippen LogP contribution in [0.3, 0.4) is 0 Å². The lowest BCUT2D eigenvalue weighted by Crippen LogP contribution is -2.22. The summed E-state index contributed by atoms with van der Waals surface area (Å²) in [5.74, 6) is -1.17. The van der Waals surface area contributed by atoms with E-state index >= 15 is 0 Å². The van der Waals surface area contributed by atoms with Crippen LogP contribution in [0.4, 0.5) is 0 Å². The second kappa shape index (κ2) is 7.33. The van der Waals surface area contributed by atoms with Gasteiger partial charge in [0.1, 0.15) is 6.04 Å². The molecule has 7 heteroatoms. The zero-order chi connectivity index (χ0) is 15.3. The van der Waals surface area contributed by atoms with Gasteiger partial charge in [-0.25, -0.2) is 9.78 Å². The molecule has 0 bridgehead atoms. The SMILES string of the molecule is CCOC(=O)C(C)n1c(C(C)C)cnc1SCC(=O)O. The third-order valence-electron chi connectivity index (χ3n) is 2.72. The van der Waals surface area contributed by atoms with Crippen LogP contribution in [0.15, 0.2) is 11.4 Å². The van der Waals surface area contributed by atoms with E-state index in [4.69, 9.17) is 9.84 Å². The number of nitrogens with zero attached hydrogens (tertiary/aromatic N) is 2.